The summed E-state index contributed by atoms with van der Waals surface area (Å²) in [7, 11) is 0. The van der Waals surface area contributed by atoms with Gasteiger partial charge in [0.15, 0.2) is 0 Å². The molecule has 5 heteroatoms. The SMILES string of the molecule is c1ccc(N(c2ccccc2)c2cccc3c4cc5ccccc5c5c6nc7c(cc6n(c23)c45)c2c3ccccc3cc3c4cccc(N(c5ccccc5)c5ccccc5)c4n7c32)cc1. The predicted octanol–water partition coefficient (Wildman–Crippen LogP) is 16.6. The summed E-state index contributed by atoms with van der Waals surface area (Å²) in [6.07, 6.45) is 0. The number of aromatic nitrogens is 3. The number of nitrogens with zero attached hydrogens (tertiary/aromatic N) is 5. The van der Waals surface area contributed by atoms with Crippen molar-refractivity contribution in [3.05, 3.63) is 224 Å². The first kappa shape index (κ1) is 35.5. The normalized spacial score (nSPS) is 12.2. The van der Waals surface area contributed by atoms with Gasteiger partial charge < -0.3 is 14.2 Å². The van der Waals surface area contributed by atoms with Gasteiger partial charge in [-0.05, 0) is 100 Å². The van der Waals surface area contributed by atoms with Gasteiger partial charge in [-0.15, -0.1) is 0 Å². The Balaban J connectivity index is 1.16. The van der Waals surface area contributed by atoms with Crippen LogP contribution >= 0.6 is 0 Å². The van der Waals surface area contributed by atoms with Crippen molar-refractivity contribution in [2.45, 2.75) is 0 Å². The Morgan fingerprint density at radius 1 is 0.303 bits per heavy atom. The Kier molecular flexibility index (Phi) is 7.16. The molecule has 0 fully saturated rings. The average Bonchev–Trinajstić information content (AvgIpc) is 4.10. The quantitative estimate of drug-likeness (QED) is 0.167. The van der Waals surface area contributed by atoms with E-state index < -0.39 is 0 Å². The fourth-order valence-corrected chi connectivity index (χ4v) is 11.4. The molecular weight excluding hydrogens is 803 g/mol. The van der Waals surface area contributed by atoms with Crippen LogP contribution in [0.2, 0.25) is 0 Å². The fourth-order valence-electron chi connectivity index (χ4n) is 11.4. The Morgan fingerprint density at radius 3 is 1.21 bits per heavy atom. The van der Waals surface area contributed by atoms with E-state index in [9.17, 15) is 0 Å². The number of pyridine rings is 1. The standard InChI is InChI=1S/C61H37N5/c1-5-21-40(22-6-1)63(41-23-7-2-8-24-41)51-33-17-31-46-49-36-39-20-14-16-30-45(39)55-56-53(65(57(46)51)60(49)55)37-50-54-44-29-15-13-19-38(44)35-48-47-32-18-34-52(58(47)66(59(48)54)61(50)62-56)64(42-25-9-3-10-26-42)43-27-11-4-12-28-43/h1-37H. The molecule has 66 heavy (non-hydrogen) atoms. The third kappa shape index (κ3) is 4.70. The number of benzene rings is 10. The van der Waals surface area contributed by atoms with Gasteiger partial charge in [0.1, 0.15) is 5.65 Å². The zero-order valence-electron chi connectivity index (χ0n) is 35.6. The van der Waals surface area contributed by atoms with E-state index in [4.69, 9.17) is 4.98 Å². The van der Waals surface area contributed by atoms with Crippen LogP contribution in [0.5, 0.6) is 0 Å². The molecule has 5 aromatic heterocycles. The van der Waals surface area contributed by atoms with Crippen molar-refractivity contribution < 1.29 is 0 Å². The zero-order valence-corrected chi connectivity index (χ0v) is 35.6. The molecule has 0 amide bonds. The molecule has 0 saturated heterocycles. The molecule has 15 rings (SSSR count). The molecule has 0 unspecified atom stereocenters. The number of hydrogen-bond acceptors (Lipinski definition) is 3. The lowest BCUT2D eigenvalue weighted by Crippen LogP contribution is -2.10. The van der Waals surface area contributed by atoms with E-state index in [0.29, 0.717) is 0 Å². The van der Waals surface area contributed by atoms with Crippen molar-refractivity contribution in [1.82, 2.24) is 13.8 Å². The molecule has 0 radical (unpaired) electrons. The van der Waals surface area contributed by atoms with Crippen molar-refractivity contribution >= 4 is 132 Å². The summed E-state index contributed by atoms with van der Waals surface area (Å²) in [5.74, 6) is 0. The monoisotopic (exact) mass is 839 g/mol. The molecule has 0 bridgehead atoms. The van der Waals surface area contributed by atoms with Crippen LogP contribution in [0.1, 0.15) is 0 Å². The lowest BCUT2D eigenvalue weighted by atomic mass is 9.99. The van der Waals surface area contributed by atoms with Crippen LogP contribution in [0.15, 0.2) is 224 Å². The fraction of sp³-hybridized carbons (Fsp3) is 0. The maximum Gasteiger partial charge on any atom is 0.146 e. The van der Waals surface area contributed by atoms with Crippen molar-refractivity contribution in [2.75, 3.05) is 9.80 Å². The summed E-state index contributed by atoms with van der Waals surface area (Å²) in [4.78, 5) is 10.8. The Morgan fingerprint density at radius 2 is 0.712 bits per heavy atom. The van der Waals surface area contributed by atoms with Gasteiger partial charge in [0.05, 0.1) is 44.5 Å². The molecular formula is C61H37N5. The van der Waals surface area contributed by atoms with Gasteiger partial charge in [-0.3, -0.25) is 4.40 Å². The predicted molar refractivity (Wildman–Crippen MR) is 278 cm³/mol. The largest absolute Gasteiger partial charge is 0.308 e. The number of rotatable bonds is 6. The molecule has 0 spiro atoms. The highest BCUT2D eigenvalue weighted by molar-refractivity contribution is 6.36. The summed E-state index contributed by atoms with van der Waals surface area (Å²) in [5.41, 5.74) is 14.4. The molecule has 0 saturated carbocycles. The van der Waals surface area contributed by atoms with Gasteiger partial charge in [-0.25, -0.2) is 4.98 Å². The van der Waals surface area contributed by atoms with Crippen LogP contribution in [0.25, 0.3) is 98.0 Å². The minimum Gasteiger partial charge on any atom is -0.308 e. The van der Waals surface area contributed by atoms with E-state index >= 15 is 0 Å². The van der Waals surface area contributed by atoms with Crippen molar-refractivity contribution in [2.24, 2.45) is 0 Å². The minimum atomic E-state index is 0.959. The lowest BCUT2D eigenvalue weighted by molar-refractivity contribution is 1.25. The van der Waals surface area contributed by atoms with Crippen LogP contribution in [0.4, 0.5) is 34.1 Å². The molecule has 10 aromatic carbocycles. The third-order valence-electron chi connectivity index (χ3n) is 14.0. The maximum atomic E-state index is 6.02. The maximum absolute atomic E-state index is 6.02. The smallest absolute Gasteiger partial charge is 0.146 e. The number of fused-ring (bicyclic) bond motifs is 16. The number of para-hydroxylation sites is 6. The topological polar surface area (TPSA) is 28.2 Å². The van der Waals surface area contributed by atoms with Gasteiger partial charge in [0, 0.05) is 60.5 Å². The van der Waals surface area contributed by atoms with Gasteiger partial charge in [-0.2, -0.15) is 0 Å². The van der Waals surface area contributed by atoms with Crippen LogP contribution < -0.4 is 9.80 Å². The number of anilines is 6. The Bertz CT molecular complexity index is 4020. The molecule has 0 N–H and O–H groups in total. The molecule has 0 aliphatic carbocycles. The number of hydrogen-bond donors (Lipinski definition) is 0. The second-order valence-corrected chi connectivity index (χ2v) is 17.5. The molecule has 5 heterocycles. The highest BCUT2D eigenvalue weighted by Crippen LogP contribution is 2.51. The van der Waals surface area contributed by atoms with Gasteiger partial charge in [0.25, 0.3) is 0 Å². The van der Waals surface area contributed by atoms with Gasteiger partial charge in [-0.1, -0.05) is 146 Å². The lowest BCUT2D eigenvalue weighted by Gasteiger charge is -2.26. The first-order chi connectivity index (χ1) is 32.8. The van der Waals surface area contributed by atoms with Crippen molar-refractivity contribution in [3.8, 4) is 0 Å². The average molecular weight is 840 g/mol. The summed E-state index contributed by atoms with van der Waals surface area (Å²) in [6.45, 7) is 0. The second kappa shape index (κ2) is 13.3. The van der Waals surface area contributed by atoms with Crippen LogP contribution in [0, 0.1) is 0 Å². The highest BCUT2D eigenvalue weighted by Gasteiger charge is 2.29. The first-order valence-corrected chi connectivity index (χ1v) is 22.6. The summed E-state index contributed by atoms with van der Waals surface area (Å²) in [6, 6.07) is 81.5. The molecule has 5 nitrogen and oxygen atoms in total. The van der Waals surface area contributed by atoms with Crippen LogP contribution in [-0.4, -0.2) is 13.8 Å². The molecule has 0 atom stereocenters. The summed E-state index contributed by atoms with van der Waals surface area (Å²) >= 11 is 0. The van der Waals surface area contributed by atoms with Crippen LogP contribution in [-0.2, 0) is 0 Å². The van der Waals surface area contributed by atoms with Crippen LogP contribution in [0.3, 0.4) is 0 Å². The van der Waals surface area contributed by atoms with E-state index in [1.807, 2.05) is 0 Å². The minimum absolute atomic E-state index is 0.959. The third-order valence-corrected chi connectivity index (χ3v) is 14.0. The van der Waals surface area contributed by atoms with E-state index in [1.165, 1.54) is 64.9 Å². The van der Waals surface area contributed by atoms with E-state index in [0.717, 1.165) is 67.2 Å². The van der Waals surface area contributed by atoms with Gasteiger partial charge in [0.2, 0.25) is 0 Å². The Labute approximate surface area is 378 Å². The molecule has 0 aliphatic heterocycles. The summed E-state index contributed by atoms with van der Waals surface area (Å²) in [5, 5.41) is 13.3. The molecule has 15 aromatic rings. The molecule has 0 aliphatic rings. The van der Waals surface area contributed by atoms with Gasteiger partial charge >= 0.3 is 0 Å². The van der Waals surface area contributed by atoms with Crippen molar-refractivity contribution in [3.63, 3.8) is 0 Å². The Hall–Kier alpha value is -8.93. The zero-order chi connectivity index (χ0) is 43.0. The van der Waals surface area contributed by atoms with Crippen molar-refractivity contribution in [1.29, 1.82) is 0 Å². The van der Waals surface area contributed by atoms with E-state index in [2.05, 4.69) is 243 Å². The first-order valence-electron chi connectivity index (χ1n) is 22.6. The summed E-state index contributed by atoms with van der Waals surface area (Å²) < 4.78 is 5.03. The molecule has 306 valence electrons. The second-order valence-electron chi connectivity index (χ2n) is 17.5. The van der Waals surface area contributed by atoms with E-state index in [1.54, 1.807) is 0 Å². The van der Waals surface area contributed by atoms with E-state index in [-0.39, 0.29) is 0 Å². The highest BCUT2D eigenvalue weighted by atomic mass is 15.2.